The lowest BCUT2D eigenvalue weighted by Gasteiger charge is -2.12. The fraction of sp³-hybridized carbons (Fsp3) is 0.105. The van der Waals surface area contributed by atoms with E-state index in [2.05, 4.69) is 10.1 Å². The van der Waals surface area contributed by atoms with Crippen LogP contribution in [0.5, 0.6) is 0 Å². The lowest BCUT2D eigenvalue weighted by Crippen LogP contribution is -2.31. The zero-order chi connectivity index (χ0) is 19.5. The van der Waals surface area contributed by atoms with Crippen LogP contribution < -0.4 is 0 Å². The van der Waals surface area contributed by atoms with Crippen molar-refractivity contribution in [1.82, 2.24) is 19.7 Å². The summed E-state index contributed by atoms with van der Waals surface area (Å²) in [5.41, 5.74) is 0.851. The maximum atomic E-state index is 12.4. The Bertz CT molecular complexity index is 1040. The van der Waals surface area contributed by atoms with Crippen LogP contribution in [0.1, 0.15) is 30.4 Å². The number of thioether (sulfide) groups is 1. The summed E-state index contributed by atoms with van der Waals surface area (Å²) in [5, 5.41) is 6.31. The van der Waals surface area contributed by atoms with E-state index in [1.54, 1.807) is 30.3 Å². The Hall–Kier alpha value is -3.04. The number of thiophene rings is 1. The molecule has 0 fully saturated rings. The van der Waals surface area contributed by atoms with Gasteiger partial charge in [0.15, 0.2) is 5.16 Å². The number of hydrogen-bond acceptors (Lipinski definition) is 7. The molecule has 0 radical (unpaired) electrons. The Labute approximate surface area is 168 Å². The van der Waals surface area contributed by atoms with Gasteiger partial charge in [0.25, 0.3) is 17.7 Å². The Morgan fingerprint density at radius 2 is 1.86 bits per heavy atom. The molecule has 0 unspecified atom stereocenters. The van der Waals surface area contributed by atoms with Crippen molar-refractivity contribution in [3.05, 3.63) is 70.2 Å². The highest BCUT2D eigenvalue weighted by molar-refractivity contribution is 7.99. The molecular formula is C19H14N4O3S2. The molecule has 2 aromatic heterocycles. The van der Waals surface area contributed by atoms with Crippen molar-refractivity contribution in [3.8, 4) is 0 Å². The quantitative estimate of drug-likeness (QED) is 0.353. The number of aromatic nitrogens is 3. The van der Waals surface area contributed by atoms with Crippen LogP contribution in [0.4, 0.5) is 0 Å². The first-order valence-corrected chi connectivity index (χ1v) is 10.3. The second kappa shape index (κ2) is 7.91. The lowest BCUT2D eigenvalue weighted by molar-refractivity contribution is 0.0663. The number of fused-ring (bicyclic) bond motifs is 1. The molecule has 28 heavy (non-hydrogen) atoms. The average molecular weight is 410 g/mol. The van der Waals surface area contributed by atoms with Gasteiger partial charge < -0.3 is 0 Å². The number of hydrogen-bond donors (Lipinski definition) is 0. The largest absolute Gasteiger partial charge is 0.273 e. The number of allylic oxidation sites excluding steroid dienone is 1. The molecule has 3 aromatic rings. The van der Waals surface area contributed by atoms with Gasteiger partial charge in [0, 0.05) is 23.3 Å². The lowest BCUT2D eigenvalue weighted by atomic mass is 10.1. The summed E-state index contributed by atoms with van der Waals surface area (Å²) < 4.78 is 1.21. The predicted molar refractivity (Wildman–Crippen MR) is 107 cm³/mol. The molecule has 4 rings (SSSR count). The molecule has 3 heterocycles. The molecule has 0 N–H and O–H groups in total. The molecule has 1 aliphatic rings. The predicted octanol–water partition coefficient (Wildman–Crippen LogP) is 3.08. The fourth-order valence-corrected chi connectivity index (χ4v) is 4.22. The van der Waals surface area contributed by atoms with Crippen LogP contribution >= 0.6 is 23.1 Å². The molecule has 0 spiro atoms. The van der Waals surface area contributed by atoms with Crippen molar-refractivity contribution in [3.63, 3.8) is 0 Å². The van der Waals surface area contributed by atoms with Crippen molar-refractivity contribution < 1.29 is 14.4 Å². The minimum atomic E-state index is -0.311. The van der Waals surface area contributed by atoms with E-state index in [1.165, 1.54) is 45.1 Å². The van der Waals surface area contributed by atoms with Crippen LogP contribution in [0.3, 0.4) is 0 Å². The Balaban J connectivity index is 1.38. The van der Waals surface area contributed by atoms with Gasteiger partial charge in [0.05, 0.1) is 11.1 Å². The van der Waals surface area contributed by atoms with Crippen LogP contribution in [0.2, 0.25) is 0 Å². The SMILES string of the molecule is O=C1c2ccccc2C(=O)N1CCSc1ncnn1C(=O)/C=C/c1cccs1. The zero-order valence-corrected chi connectivity index (χ0v) is 16.2. The van der Waals surface area contributed by atoms with Crippen LogP contribution in [0, 0.1) is 0 Å². The van der Waals surface area contributed by atoms with E-state index in [4.69, 9.17) is 0 Å². The smallest absolute Gasteiger partial charge is 0.273 e. The van der Waals surface area contributed by atoms with Crippen LogP contribution in [0.15, 0.2) is 59.3 Å². The number of amides is 2. The van der Waals surface area contributed by atoms with E-state index in [-0.39, 0.29) is 24.3 Å². The number of benzene rings is 1. The van der Waals surface area contributed by atoms with Crippen LogP contribution in [-0.2, 0) is 0 Å². The maximum absolute atomic E-state index is 12.4. The third-order valence-electron chi connectivity index (χ3n) is 4.08. The van der Waals surface area contributed by atoms with E-state index >= 15 is 0 Å². The zero-order valence-electron chi connectivity index (χ0n) is 14.5. The van der Waals surface area contributed by atoms with Gasteiger partial charge in [-0.25, -0.2) is 4.98 Å². The van der Waals surface area contributed by atoms with Crippen LogP contribution in [-0.4, -0.2) is 49.7 Å². The van der Waals surface area contributed by atoms with E-state index < -0.39 is 0 Å². The highest BCUT2D eigenvalue weighted by Gasteiger charge is 2.34. The summed E-state index contributed by atoms with van der Waals surface area (Å²) in [6, 6.07) is 10.6. The van der Waals surface area contributed by atoms with Gasteiger partial charge in [0.2, 0.25) is 0 Å². The molecule has 0 saturated heterocycles. The third-order valence-corrected chi connectivity index (χ3v) is 5.84. The number of carbonyl (C=O) groups excluding carboxylic acids is 3. The summed E-state index contributed by atoms with van der Waals surface area (Å²) in [6.45, 7) is 0.225. The molecule has 1 aromatic carbocycles. The highest BCUT2D eigenvalue weighted by Crippen LogP contribution is 2.23. The van der Waals surface area contributed by atoms with Crippen molar-refractivity contribution in [2.24, 2.45) is 0 Å². The Morgan fingerprint density at radius 3 is 2.54 bits per heavy atom. The van der Waals surface area contributed by atoms with E-state index in [9.17, 15) is 14.4 Å². The van der Waals surface area contributed by atoms with Gasteiger partial charge in [-0.15, -0.1) is 11.3 Å². The summed E-state index contributed by atoms with van der Waals surface area (Å²) in [4.78, 5) is 43.4. The van der Waals surface area contributed by atoms with Gasteiger partial charge in [-0.05, 0) is 29.7 Å². The van der Waals surface area contributed by atoms with Gasteiger partial charge >= 0.3 is 0 Å². The number of rotatable bonds is 6. The molecule has 0 saturated carbocycles. The van der Waals surface area contributed by atoms with Gasteiger partial charge in [0.1, 0.15) is 6.33 Å². The molecule has 9 heteroatoms. The molecule has 0 bridgehead atoms. The Kier molecular flexibility index (Phi) is 5.18. The molecule has 1 aliphatic heterocycles. The van der Waals surface area contributed by atoms with Crippen LogP contribution in [0.25, 0.3) is 6.08 Å². The summed E-state index contributed by atoms with van der Waals surface area (Å²) in [5.74, 6) is -0.490. The molecule has 0 atom stereocenters. The molecular weight excluding hydrogens is 396 g/mol. The van der Waals surface area contributed by atoms with E-state index in [0.717, 1.165) is 4.88 Å². The van der Waals surface area contributed by atoms with Gasteiger partial charge in [-0.2, -0.15) is 9.78 Å². The summed E-state index contributed by atoms with van der Waals surface area (Å²) in [6.07, 6.45) is 4.47. The first-order chi connectivity index (χ1) is 13.6. The summed E-state index contributed by atoms with van der Waals surface area (Å²) in [7, 11) is 0. The van der Waals surface area contributed by atoms with E-state index in [0.29, 0.717) is 22.0 Å². The minimum Gasteiger partial charge on any atom is -0.273 e. The molecule has 0 aliphatic carbocycles. The fourth-order valence-electron chi connectivity index (χ4n) is 2.76. The second-order valence-corrected chi connectivity index (χ2v) is 7.84. The topological polar surface area (TPSA) is 85.2 Å². The molecule has 140 valence electrons. The highest BCUT2D eigenvalue weighted by atomic mass is 32.2. The van der Waals surface area contributed by atoms with Crippen molar-refractivity contribution in [2.45, 2.75) is 5.16 Å². The first kappa shape index (κ1) is 18.3. The standard InChI is InChI=1S/C19H14N4O3S2/c24-16(8-7-13-4-3-10-27-13)23-19(20-12-21-23)28-11-9-22-17(25)14-5-1-2-6-15(14)18(22)26/h1-8,10,12H,9,11H2/b8-7+. The molecule has 7 nitrogen and oxygen atoms in total. The Morgan fingerprint density at radius 1 is 1.11 bits per heavy atom. The average Bonchev–Trinajstić information content (AvgIpc) is 3.44. The van der Waals surface area contributed by atoms with Gasteiger partial charge in [-0.3, -0.25) is 19.3 Å². The first-order valence-electron chi connectivity index (χ1n) is 8.39. The number of nitrogens with zero attached hydrogens (tertiary/aromatic N) is 4. The summed E-state index contributed by atoms with van der Waals surface area (Å²) >= 11 is 2.80. The number of imide groups is 1. The van der Waals surface area contributed by atoms with E-state index in [1.807, 2.05) is 17.5 Å². The maximum Gasteiger partial charge on any atom is 0.273 e. The van der Waals surface area contributed by atoms with Gasteiger partial charge in [-0.1, -0.05) is 30.0 Å². The third kappa shape index (κ3) is 3.54. The monoisotopic (exact) mass is 410 g/mol. The minimum absolute atomic E-state index is 0.225. The van der Waals surface area contributed by atoms with Crippen molar-refractivity contribution in [1.29, 1.82) is 0 Å². The number of carbonyl (C=O) groups is 3. The second-order valence-electron chi connectivity index (χ2n) is 5.80. The molecule has 2 amide bonds. The van der Waals surface area contributed by atoms with Crippen molar-refractivity contribution >= 4 is 46.9 Å². The normalized spacial score (nSPS) is 13.5. The van der Waals surface area contributed by atoms with Crippen molar-refractivity contribution in [2.75, 3.05) is 12.3 Å².